The summed E-state index contributed by atoms with van der Waals surface area (Å²) in [6, 6.07) is 15.5. The number of benzene rings is 2. The van der Waals surface area contributed by atoms with E-state index >= 15 is 0 Å². The fraction of sp³-hybridized carbons (Fsp3) is 0.0714. The van der Waals surface area contributed by atoms with Crippen molar-refractivity contribution < 1.29 is 0 Å². The molecule has 0 saturated carbocycles. The van der Waals surface area contributed by atoms with Crippen molar-refractivity contribution in [2.75, 3.05) is 0 Å². The monoisotopic (exact) mass is 254 g/mol. The summed E-state index contributed by atoms with van der Waals surface area (Å²) >= 11 is 0.0954. The molecule has 15 heavy (non-hydrogen) atoms. The van der Waals surface area contributed by atoms with E-state index in [1.54, 1.807) is 0 Å². The average Bonchev–Trinajstić information content (AvgIpc) is 2.66. The van der Waals surface area contributed by atoms with Crippen LogP contribution in [0.1, 0.15) is 11.1 Å². The van der Waals surface area contributed by atoms with Crippen LogP contribution in [0.3, 0.4) is 0 Å². The van der Waals surface area contributed by atoms with Gasteiger partial charge in [0.1, 0.15) is 0 Å². The van der Waals surface area contributed by atoms with Crippen molar-refractivity contribution in [1.29, 1.82) is 0 Å². The molecular weight excluding hydrogens is 243 g/mol. The number of fused-ring (bicyclic) bond motifs is 3. The van der Waals surface area contributed by atoms with Gasteiger partial charge in [-0.1, -0.05) is 0 Å². The molecule has 2 aromatic carbocycles. The summed E-state index contributed by atoms with van der Waals surface area (Å²) in [5.74, 6) is 0. The standard InChI is InChI=1S/C14H11As/c1-15-12-7-6-11-8-10-4-2-3-5-13(10)14(11)9-12/h2-7,9H,1,8H2. The van der Waals surface area contributed by atoms with Crippen LogP contribution in [-0.2, 0) is 6.42 Å². The summed E-state index contributed by atoms with van der Waals surface area (Å²) in [7, 11) is 0. The third-order valence-electron chi connectivity index (χ3n) is 2.96. The second-order valence-corrected chi connectivity index (χ2v) is 5.58. The summed E-state index contributed by atoms with van der Waals surface area (Å²) in [4.78, 5) is 0. The molecule has 0 aliphatic heterocycles. The summed E-state index contributed by atoms with van der Waals surface area (Å²) in [5, 5.41) is 4.03. The topological polar surface area (TPSA) is 0 Å². The first-order chi connectivity index (χ1) is 7.38. The zero-order valence-electron chi connectivity index (χ0n) is 8.40. The summed E-state index contributed by atoms with van der Waals surface area (Å²) in [6.45, 7) is 0. The molecule has 0 N–H and O–H groups in total. The molecular formula is C14H11As. The van der Waals surface area contributed by atoms with E-state index in [1.165, 1.54) is 26.6 Å². The summed E-state index contributed by atoms with van der Waals surface area (Å²) in [6.07, 6.45) is 1.10. The van der Waals surface area contributed by atoms with Crippen molar-refractivity contribution in [2.45, 2.75) is 6.42 Å². The predicted molar refractivity (Wildman–Crippen MR) is 67.2 cm³/mol. The van der Waals surface area contributed by atoms with Gasteiger partial charge in [0.25, 0.3) is 0 Å². The molecule has 0 bridgehead atoms. The molecule has 0 atom stereocenters. The average molecular weight is 254 g/mol. The molecule has 0 nitrogen and oxygen atoms in total. The third-order valence-corrected chi connectivity index (χ3v) is 4.31. The Labute approximate surface area is 96.2 Å². The Balaban J connectivity index is 2.26. The van der Waals surface area contributed by atoms with Crippen molar-refractivity contribution in [1.82, 2.24) is 0 Å². The quantitative estimate of drug-likeness (QED) is 0.583. The van der Waals surface area contributed by atoms with E-state index in [0.29, 0.717) is 0 Å². The third kappa shape index (κ3) is 1.41. The van der Waals surface area contributed by atoms with Crippen molar-refractivity contribution in [3.8, 4) is 11.1 Å². The van der Waals surface area contributed by atoms with Gasteiger partial charge in [-0.05, 0) is 0 Å². The molecule has 0 spiro atoms. The zero-order chi connectivity index (χ0) is 10.3. The molecule has 0 fully saturated rings. The van der Waals surface area contributed by atoms with Crippen LogP contribution in [0, 0.1) is 0 Å². The predicted octanol–water partition coefficient (Wildman–Crippen LogP) is 2.02. The van der Waals surface area contributed by atoms with Crippen molar-refractivity contribution >= 4 is 25.0 Å². The van der Waals surface area contributed by atoms with Gasteiger partial charge in [0.2, 0.25) is 0 Å². The Morgan fingerprint density at radius 3 is 2.60 bits per heavy atom. The van der Waals surface area contributed by atoms with Gasteiger partial charge in [0.05, 0.1) is 0 Å². The molecule has 0 heterocycles. The van der Waals surface area contributed by atoms with Crippen LogP contribution in [0.25, 0.3) is 11.1 Å². The Hall–Kier alpha value is -1.13. The van der Waals surface area contributed by atoms with E-state index in [4.69, 9.17) is 0 Å². The molecule has 0 saturated heterocycles. The molecule has 1 aliphatic carbocycles. The second-order valence-electron chi connectivity index (χ2n) is 3.83. The van der Waals surface area contributed by atoms with Gasteiger partial charge < -0.3 is 0 Å². The summed E-state index contributed by atoms with van der Waals surface area (Å²) in [5.41, 5.74) is 5.78. The number of rotatable bonds is 1. The van der Waals surface area contributed by atoms with Gasteiger partial charge in [-0.2, -0.15) is 0 Å². The van der Waals surface area contributed by atoms with Gasteiger partial charge >= 0.3 is 96.1 Å². The van der Waals surface area contributed by atoms with E-state index in [0.717, 1.165) is 6.42 Å². The first-order valence-electron chi connectivity index (χ1n) is 5.06. The SMILES string of the molecule is C=[As]c1ccc2c(c1)-c1ccccc1C2. The fourth-order valence-electron chi connectivity index (χ4n) is 2.21. The van der Waals surface area contributed by atoms with Crippen LogP contribution in [0.2, 0.25) is 0 Å². The van der Waals surface area contributed by atoms with Gasteiger partial charge in [-0.25, -0.2) is 0 Å². The fourth-order valence-corrected chi connectivity index (χ4v) is 3.05. The van der Waals surface area contributed by atoms with E-state index in [-0.39, 0.29) is 15.3 Å². The molecule has 0 amide bonds. The van der Waals surface area contributed by atoms with Crippen LogP contribution in [0.15, 0.2) is 42.5 Å². The second kappa shape index (κ2) is 3.47. The number of hydrogen-bond donors (Lipinski definition) is 0. The molecule has 1 heteroatoms. The molecule has 0 radical (unpaired) electrons. The van der Waals surface area contributed by atoms with Crippen LogP contribution >= 0.6 is 0 Å². The van der Waals surface area contributed by atoms with Crippen LogP contribution in [-0.4, -0.2) is 20.6 Å². The van der Waals surface area contributed by atoms with Crippen LogP contribution < -0.4 is 4.35 Å². The molecule has 1 aliphatic rings. The molecule has 3 rings (SSSR count). The van der Waals surface area contributed by atoms with Gasteiger partial charge in [-0.3, -0.25) is 0 Å². The summed E-state index contributed by atoms with van der Waals surface area (Å²) < 4.78 is 1.42. The van der Waals surface area contributed by atoms with E-state index in [1.807, 2.05) is 0 Å². The Morgan fingerprint density at radius 1 is 0.933 bits per heavy atom. The van der Waals surface area contributed by atoms with Crippen LogP contribution in [0.5, 0.6) is 0 Å². The molecule has 72 valence electrons. The van der Waals surface area contributed by atoms with Crippen molar-refractivity contribution in [2.24, 2.45) is 0 Å². The Kier molecular flexibility index (Phi) is 2.11. The maximum atomic E-state index is 4.03. The van der Waals surface area contributed by atoms with E-state index in [9.17, 15) is 0 Å². The van der Waals surface area contributed by atoms with Crippen molar-refractivity contribution in [3.05, 3.63) is 53.6 Å². The Morgan fingerprint density at radius 2 is 1.73 bits per heavy atom. The van der Waals surface area contributed by atoms with Gasteiger partial charge in [0.15, 0.2) is 0 Å². The zero-order valence-corrected chi connectivity index (χ0v) is 10.3. The van der Waals surface area contributed by atoms with Gasteiger partial charge in [-0.15, -0.1) is 0 Å². The first-order valence-corrected chi connectivity index (χ1v) is 7.33. The van der Waals surface area contributed by atoms with Crippen LogP contribution in [0.4, 0.5) is 0 Å². The normalized spacial score (nSPS) is 12.5. The number of hydrogen-bond acceptors (Lipinski definition) is 0. The minimum absolute atomic E-state index is 0.0954. The Bertz CT molecular complexity index is 541. The van der Waals surface area contributed by atoms with E-state index < -0.39 is 0 Å². The minimum atomic E-state index is 0.0954. The van der Waals surface area contributed by atoms with Crippen molar-refractivity contribution in [3.63, 3.8) is 0 Å². The van der Waals surface area contributed by atoms with Gasteiger partial charge in [0, 0.05) is 0 Å². The molecule has 0 unspecified atom stereocenters. The molecule has 2 aromatic rings. The molecule has 0 aromatic heterocycles. The van der Waals surface area contributed by atoms with E-state index in [2.05, 4.69) is 47.8 Å². The maximum absolute atomic E-state index is 4.03. The first kappa shape index (κ1) is 9.12.